The van der Waals surface area contributed by atoms with Crippen LogP contribution in [0.5, 0.6) is 0 Å². The molecule has 0 aromatic carbocycles. The van der Waals surface area contributed by atoms with Gasteiger partial charge in [0, 0.05) is 11.9 Å². The molecule has 7 heteroatoms. The summed E-state index contributed by atoms with van der Waals surface area (Å²) < 4.78 is 1.52. The van der Waals surface area contributed by atoms with Crippen LogP contribution in [0.3, 0.4) is 0 Å². The van der Waals surface area contributed by atoms with Gasteiger partial charge in [-0.25, -0.2) is 0 Å². The van der Waals surface area contributed by atoms with Crippen LogP contribution in [-0.4, -0.2) is 20.9 Å². The molecule has 6 nitrogen and oxygen atoms in total. The van der Waals surface area contributed by atoms with E-state index in [9.17, 15) is 10.1 Å². The van der Waals surface area contributed by atoms with Crippen molar-refractivity contribution in [2.45, 2.75) is 19.8 Å². The zero-order chi connectivity index (χ0) is 12.0. The number of imidazole rings is 1. The molecule has 1 aliphatic carbocycles. The summed E-state index contributed by atoms with van der Waals surface area (Å²) in [5.74, 6) is 0.417. The van der Waals surface area contributed by atoms with Crippen molar-refractivity contribution in [3.8, 4) is 0 Å². The Morgan fingerprint density at radius 3 is 3.12 bits per heavy atom. The molecule has 1 aliphatic rings. The largest absolute Gasteiger partial charge is 0.372 e. The Hall–Kier alpha value is -1.63. The molecular formula is C10H12N4O2S. The van der Waals surface area contributed by atoms with Crippen LogP contribution >= 0.6 is 11.3 Å². The van der Waals surface area contributed by atoms with Crippen molar-refractivity contribution in [3.05, 3.63) is 21.7 Å². The van der Waals surface area contributed by atoms with Crippen molar-refractivity contribution < 1.29 is 4.92 Å². The fourth-order valence-electron chi connectivity index (χ4n) is 1.75. The summed E-state index contributed by atoms with van der Waals surface area (Å²) in [6, 6.07) is 0. The van der Waals surface area contributed by atoms with Crippen LogP contribution in [0, 0.1) is 15.5 Å². The molecule has 3 rings (SSSR count). The van der Waals surface area contributed by atoms with Gasteiger partial charge in [0.2, 0.25) is 5.82 Å². The van der Waals surface area contributed by atoms with Gasteiger partial charge in [-0.15, -0.1) is 0 Å². The Morgan fingerprint density at radius 2 is 2.47 bits per heavy atom. The van der Waals surface area contributed by atoms with Crippen molar-refractivity contribution in [1.82, 2.24) is 9.38 Å². The van der Waals surface area contributed by atoms with Crippen molar-refractivity contribution in [2.75, 3.05) is 11.9 Å². The summed E-state index contributed by atoms with van der Waals surface area (Å²) in [5, 5.41) is 15.9. The van der Waals surface area contributed by atoms with Gasteiger partial charge in [-0.3, -0.25) is 0 Å². The number of hydrogen-bond acceptors (Lipinski definition) is 5. The number of aromatic nitrogens is 2. The maximum absolute atomic E-state index is 11.0. The monoisotopic (exact) mass is 252 g/mol. The number of thiazole rings is 1. The number of nitrogens with zero attached hydrogens (tertiary/aromatic N) is 3. The van der Waals surface area contributed by atoms with Crippen molar-refractivity contribution in [1.29, 1.82) is 0 Å². The van der Waals surface area contributed by atoms with Crippen LogP contribution in [0.4, 0.5) is 11.6 Å². The first-order chi connectivity index (χ1) is 8.09. The Bertz CT molecular complexity index is 584. The van der Waals surface area contributed by atoms with Gasteiger partial charge < -0.3 is 15.4 Å². The van der Waals surface area contributed by atoms with E-state index in [-0.39, 0.29) is 10.7 Å². The van der Waals surface area contributed by atoms with E-state index >= 15 is 0 Å². The highest BCUT2D eigenvalue weighted by molar-refractivity contribution is 7.15. The molecule has 0 bridgehead atoms. The lowest BCUT2D eigenvalue weighted by atomic mass is 10.1. The summed E-state index contributed by atoms with van der Waals surface area (Å²) in [6.07, 6.45) is 4.03. The third-order valence-corrected chi connectivity index (χ3v) is 3.95. The highest BCUT2D eigenvalue weighted by atomic mass is 32.1. The Morgan fingerprint density at radius 1 is 1.71 bits per heavy atom. The van der Waals surface area contributed by atoms with Gasteiger partial charge in [0.1, 0.15) is 6.20 Å². The van der Waals surface area contributed by atoms with Gasteiger partial charge >= 0.3 is 5.82 Å². The molecule has 0 atom stereocenters. The Balaban J connectivity index is 1.94. The van der Waals surface area contributed by atoms with E-state index < -0.39 is 0 Å². The number of anilines is 1. The topological polar surface area (TPSA) is 72.5 Å². The van der Waals surface area contributed by atoms with Crippen molar-refractivity contribution in [3.63, 3.8) is 0 Å². The third kappa shape index (κ3) is 1.76. The predicted octanol–water partition coefficient (Wildman–Crippen LogP) is 2.52. The Labute approximate surface area is 101 Å². The average Bonchev–Trinajstić information content (AvgIpc) is 2.73. The molecule has 0 aliphatic heterocycles. The van der Waals surface area contributed by atoms with Crippen molar-refractivity contribution >= 4 is 27.9 Å². The number of hydrogen-bond donors (Lipinski definition) is 1. The van der Waals surface area contributed by atoms with Crippen LogP contribution in [-0.2, 0) is 0 Å². The zero-order valence-corrected chi connectivity index (χ0v) is 10.2. The molecule has 0 amide bonds. The van der Waals surface area contributed by atoms with Crippen LogP contribution in [0.15, 0.2) is 11.6 Å². The van der Waals surface area contributed by atoms with Crippen LogP contribution in [0.25, 0.3) is 4.96 Å². The predicted molar refractivity (Wildman–Crippen MR) is 65.6 cm³/mol. The van der Waals surface area contributed by atoms with Gasteiger partial charge in [0.25, 0.3) is 4.96 Å². The molecule has 0 saturated heterocycles. The smallest absolute Gasteiger partial charge is 0.362 e. The van der Waals surface area contributed by atoms with Gasteiger partial charge in [-0.05, 0) is 23.2 Å². The molecule has 2 heterocycles. The van der Waals surface area contributed by atoms with Crippen LogP contribution < -0.4 is 5.32 Å². The molecule has 2 aromatic heterocycles. The fraction of sp³-hybridized carbons (Fsp3) is 0.500. The standard InChI is InChI=1S/C10H12N4O2S/c1-10(2-3-10)6-11-7-8(14(15)16)13-4-5-17-9(13)12-7/h4-5,11H,2-3,6H2,1H3. The lowest BCUT2D eigenvalue weighted by molar-refractivity contribution is -0.389. The number of fused-ring (bicyclic) bond motifs is 1. The minimum Gasteiger partial charge on any atom is -0.362 e. The van der Waals surface area contributed by atoms with Crippen LogP contribution in [0.2, 0.25) is 0 Å². The summed E-state index contributed by atoms with van der Waals surface area (Å²) in [6.45, 7) is 2.92. The maximum Gasteiger partial charge on any atom is 0.372 e. The molecule has 1 N–H and O–H groups in total. The second-order valence-electron chi connectivity index (χ2n) is 4.76. The molecule has 90 valence electrons. The highest BCUT2D eigenvalue weighted by Gasteiger charge is 2.37. The molecule has 17 heavy (non-hydrogen) atoms. The SMILES string of the molecule is CC1(CNc2nc3sccn3c2[N+](=O)[O-])CC1. The van der Waals surface area contributed by atoms with Crippen molar-refractivity contribution in [2.24, 2.45) is 5.41 Å². The van der Waals surface area contributed by atoms with Gasteiger partial charge in [0.15, 0.2) is 0 Å². The number of nitro groups is 1. The Kier molecular flexibility index (Phi) is 2.12. The van der Waals surface area contributed by atoms with Gasteiger partial charge in [0.05, 0.1) is 0 Å². The van der Waals surface area contributed by atoms with E-state index in [0.717, 1.165) is 6.54 Å². The van der Waals surface area contributed by atoms with E-state index in [2.05, 4.69) is 17.2 Å². The third-order valence-electron chi connectivity index (χ3n) is 3.20. The second-order valence-corrected chi connectivity index (χ2v) is 5.63. The second kappa shape index (κ2) is 3.43. The molecule has 0 radical (unpaired) electrons. The molecule has 0 spiro atoms. The summed E-state index contributed by atoms with van der Waals surface area (Å²) in [4.78, 5) is 15.6. The highest BCUT2D eigenvalue weighted by Crippen LogP contribution is 2.45. The quantitative estimate of drug-likeness (QED) is 0.670. The minimum absolute atomic E-state index is 0.0329. The van der Waals surface area contributed by atoms with E-state index in [0.29, 0.717) is 16.2 Å². The lowest BCUT2D eigenvalue weighted by Crippen LogP contribution is -2.13. The van der Waals surface area contributed by atoms with E-state index in [1.165, 1.54) is 28.6 Å². The summed E-state index contributed by atoms with van der Waals surface area (Å²) in [7, 11) is 0. The zero-order valence-electron chi connectivity index (χ0n) is 9.34. The summed E-state index contributed by atoms with van der Waals surface area (Å²) >= 11 is 1.40. The van der Waals surface area contributed by atoms with E-state index in [1.807, 2.05) is 0 Å². The van der Waals surface area contributed by atoms with Gasteiger partial charge in [-0.2, -0.15) is 9.38 Å². The fourth-order valence-corrected chi connectivity index (χ4v) is 2.46. The number of rotatable bonds is 4. The first kappa shape index (κ1) is 10.5. The van der Waals surface area contributed by atoms with E-state index in [1.54, 1.807) is 11.6 Å². The minimum atomic E-state index is -0.385. The summed E-state index contributed by atoms with van der Waals surface area (Å²) in [5.41, 5.74) is 0.297. The molecule has 1 fully saturated rings. The number of nitrogens with one attached hydrogen (secondary N) is 1. The molecule has 0 unspecified atom stereocenters. The first-order valence-electron chi connectivity index (χ1n) is 5.43. The van der Waals surface area contributed by atoms with Gasteiger partial charge in [-0.1, -0.05) is 18.3 Å². The first-order valence-corrected chi connectivity index (χ1v) is 6.31. The lowest BCUT2D eigenvalue weighted by Gasteiger charge is -2.08. The molecule has 2 aromatic rings. The average molecular weight is 252 g/mol. The molecule has 1 saturated carbocycles. The maximum atomic E-state index is 11.0. The molecular weight excluding hydrogens is 240 g/mol. The normalized spacial score (nSPS) is 17.2. The van der Waals surface area contributed by atoms with E-state index in [4.69, 9.17) is 0 Å². The van der Waals surface area contributed by atoms with Crippen LogP contribution in [0.1, 0.15) is 19.8 Å².